The van der Waals surface area contributed by atoms with Crippen LogP contribution in [-0.4, -0.2) is 55.8 Å². The van der Waals surface area contributed by atoms with Gasteiger partial charge in [-0.3, -0.25) is 14.5 Å². The Balaban J connectivity index is 1.39. The van der Waals surface area contributed by atoms with Gasteiger partial charge in [0, 0.05) is 56.7 Å². The zero-order valence-electron chi connectivity index (χ0n) is 20.3. The molecule has 1 amide bonds. The van der Waals surface area contributed by atoms with Crippen molar-refractivity contribution in [2.75, 3.05) is 45.3 Å². The van der Waals surface area contributed by atoms with E-state index in [1.165, 1.54) is 12.8 Å². The Bertz CT molecular complexity index is 1170. The lowest BCUT2D eigenvalue weighted by molar-refractivity contribution is -0.121. The maximum atomic E-state index is 12.7. The molecule has 1 aliphatic rings. The highest BCUT2D eigenvalue weighted by Gasteiger charge is 2.20. The Hall–Kier alpha value is -3.78. The number of amides is 1. The van der Waals surface area contributed by atoms with Crippen molar-refractivity contribution < 1.29 is 14.3 Å². The van der Waals surface area contributed by atoms with E-state index in [0.717, 1.165) is 43.2 Å². The number of carbonyl (C=O) groups excluding carboxylic acids is 1. The molecule has 3 aromatic rings. The van der Waals surface area contributed by atoms with Gasteiger partial charge in [-0.1, -0.05) is 30.3 Å². The summed E-state index contributed by atoms with van der Waals surface area (Å²) in [7, 11) is 3.13. The number of pyridine rings is 1. The lowest BCUT2D eigenvalue weighted by Gasteiger charge is -2.36. The number of hydrogen-bond acceptors (Lipinski definition) is 6. The lowest BCUT2D eigenvalue weighted by Crippen LogP contribution is -2.46. The highest BCUT2D eigenvalue weighted by Crippen LogP contribution is 2.21. The molecule has 2 heterocycles. The average molecular weight is 477 g/mol. The summed E-state index contributed by atoms with van der Waals surface area (Å²) >= 11 is 0. The SMILES string of the molecule is COc1ccc(N2CCN(Cc3cc(=O)c(OC)cn3CC(=O)NCc3ccccc3)CC2)cc1. The van der Waals surface area contributed by atoms with Crippen molar-refractivity contribution in [3.63, 3.8) is 0 Å². The molecule has 2 aromatic carbocycles. The minimum Gasteiger partial charge on any atom is -0.497 e. The number of nitrogens with zero attached hydrogens (tertiary/aromatic N) is 3. The fourth-order valence-electron chi connectivity index (χ4n) is 4.22. The molecule has 8 heteroatoms. The summed E-state index contributed by atoms with van der Waals surface area (Å²) < 4.78 is 12.3. The van der Waals surface area contributed by atoms with E-state index in [1.54, 1.807) is 19.4 Å². The molecular weight excluding hydrogens is 444 g/mol. The Labute approximate surface area is 205 Å². The molecule has 0 atom stereocenters. The third kappa shape index (κ3) is 6.42. The molecule has 0 radical (unpaired) electrons. The zero-order chi connectivity index (χ0) is 24.6. The lowest BCUT2D eigenvalue weighted by atomic mass is 10.2. The molecule has 0 aliphatic carbocycles. The molecule has 1 aromatic heterocycles. The van der Waals surface area contributed by atoms with Crippen LogP contribution in [0, 0.1) is 0 Å². The molecule has 184 valence electrons. The van der Waals surface area contributed by atoms with Gasteiger partial charge in [-0.2, -0.15) is 0 Å². The van der Waals surface area contributed by atoms with Gasteiger partial charge >= 0.3 is 0 Å². The van der Waals surface area contributed by atoms with Crippen LogP contribution in [0.3, 0.4) is 0 Å². The Morgan fingerprint density at radius 2 is 1.66 bits per heavy atom. The van der Waals surface area contributed by atoms with Crippen LogP contribution in [0.2, 0.25) is 0 Å². The Morgan fingerprint density at radius 1 is 0.943 bits per heavy atom. The van der Waals surface area contributed by atoms with Crippen molar-refractivity contribution in [1.29, 1.82) is 0 Å². The first kappa shape index (κ1) is 24.3. The van der Waals surface area contributed by atoms with Crippen molar-refractivity contribution >= 4 is 11.6 Å². The number of benzene rings is 2. The van der Waals surface area contributed by atoms with E-state index < -0.39 is 0 Å². The standard InChI is InChI=1S/C27H32N4O4/c1-34-24-10-8-22(9-11-24)30-14-12-29(13-15-30)18-23-16-25(32)26(35-2)19-31(23)20-27(33)28-17-21-6-4-3-5-7-21/h3-11,16,19H,12-15,17-18,20H2,1-2H3,(H,28,33). The van der Waals surface area contributed by atoms with E-state index in [0.29, 0.717) is 13.1 Å². The highest BCUT2D eigenvalue weighted by atomic mass is 16.5. The molecular formula is C27H32N4O4. The van der Waals surface area contributed by atoms with Crippen LogP contribution in [0.4, 0.5) is 5.69 Å². The molecule has 35 heavy (non-hydrogen) atoms. The van der Waals surface area contributed by atoms with Crippen LogP contribution < -0.4 is 25.1 Å². The van der Waals surface area contributed by atoms with Crippen molar-refractivity contribution in [3.8, 4) is 11.5 Å². The molecule has 0 spiro atoms. The van der Waals surface area contributed by atoms with Crippen LogP contribution in [0.25, 0.3) is 0 Å². The van der Waals surface area contributed by atoms with Crippen molar-refractivity contribution in [2.45, 2.75) is 19.6 Å². The van der Waals surface area contributed by atoms with Crippen LogP contribution >= 0.6 is 0 Å². The van der Waals surface area contributed by atoms with Gasteiger partial charge in [0.15, 0.2) is 5.75 Å². The van der Waals surface area contributed by atoms with Gasteiger partial charge in [0.2, 0.25) is 11.3 Å². The molecule has 0 unspecified atom stereocenters. The summed E-state index contributed by atoms with van der Waals surface area (Å²) in [5, 5.41) is 2.95. The second-order valence-corrected chi connectivity index (χ2v) is 8.55. The monoisotopic (exact) mass is 476 g/mol. The molecule has 1 fully saturated rings. The quantitative estimate of drug-likeness (QED) is 0.512. The number of nitrogens with one attached hydrogen (secondary N) is 1. The maximum absolute atomic E-state index is 12.7. The minimum atomic E-state index is -0.180. The summed E-state index contributed by atoms with van der Waals surface area (Å²) in [4.78, 5) is 29.8. The summed E-state index contributed by atoms with van der Waals surface area (Å²) in [6.45, 7) is 4.62. The van der Waals surface area contributed by atoms with Gasteiger partial charge in [0.05, 0.1) is 20.4 Å². The number of hydrogen-bond donors (Lipinski definition) is 1. The van der Waals surface area contributed by atoms with Gasteiger partial charge in [0.25, 0.3) is 0 Å². The van der Waals surface area contributed by atoms with Gasteiger partial charge in [-0.25, -0.2) is 0 Å². The smallest absolute Gasteiger partial charge is 0.240 e. The summed E-state index contributed by atoms with van der Waals surface area (Å²) in [6, 6.07) is 19.5. The molecule has 0 saturated carbocycles. The van der Waals surface area contributed by atoms with Crippen molar-refractivity contribution in [3.05, 3.63) is 88.3 Å². The largest absolute Gasteiger partial charge is 0.497 e. The van der Waals surface area contributed by atoms with Crippen LogP contribution in [0.1, 0.15) is 11.3 Å². The molecule has 8 nitrogen and oxygen atoms in total. The van der Waals surface area contributed by atoms with E-state index in [4.69, 9.17) is 9.47 Å². The average Bonchev–Trinajstić information content (AvgIpc) is 2.90. The first-order chi connectivity index (χ1) is 17.1. The number of piperazine rings is 1. The Kier molecular flexibility index (Phi) is 8.05. The maximum Gasteiger partial charge on any atom is 0.240 e. The summed E-state index contributed by atoms with van der Waals surface area (Å²) in [5.74, 6) is 0.955. The normalized spacial score (nSPS) is 13.9. The fraction of sp³-hybridized carbons (Fsp3) is 0.333. The van der Waals surface area contributed by atoms with Crippen LogP contribution in [0.15, 0.2) is 71.7 Å². The minimum absolute atomic E-state index is 0.116. The Morgan fingerprint density at radius 3 is 2.31 bits per heavy atom. The number of ether oxygens (including phenoxy) is 2. The third-order valence-corrected chi connectivity index (χ3v) is 6.24. The van der Waals surface area contributed by atoms with Gasteiger partial charge < -0.3 is 24.3 Å². The fourth-order valence-corrected chi connectivity index (χ4v) is 4.22. The second-order valence-electron chi connectivity index (χ2n) is 8.55. The third-order valence-electron chi connectivity index (χ3n) is 6.24. The first-order valence-electron chi connectivity index (χ1n) is 11.7. The topological polar surface area (TPSA) is 76.0 Å². The van der Waals surface area contributed by atoms with Crippen molar-refractivity contribution in [2.24, 2.45) is 0 Å². The summed E-state index contributed by atoms with van der Waals surface area (Å²) in [6.07, 6.45) is 1.63. The first-order valence-corrected chi connectivity index (χ1v) is 11.7. The number of carbonyl (C=O) groups is 1. The number of methoxy groups -OCH3 is 2. The van der Waals surface area contributed by atoms with E-state index in [9.17, 15) is 9.59 Å². The van der Waals surface area contributed by atoms with E-state index in [-0.39, 0.29) is 23.6 Å². The van der Waals surface area contributed by atoms with Gasteiger partial charge in [0.1, 0.15) is 12.3 Å². The highest BCUT2D eigenvalue weighted by molar-refractivity contribution is 5.75. The molecule has 1 saturated heterocycles. The number of anilines is 1. The van der Waals surface area contributed by atoms with Crippen molar-refractivity contribution in [1.82, 2.24) is 14.8 Å². The van der Waals surface area contributed by atoms with Crippen LogP contribution in [0.5, 0.6) is 11.5 Å². The summed E-state index contributed by atoms with van der Waals surface area (Å²) in [5.41, 5.74) is 2.82. The van der Waals surface area contributed by atoms with E-state index in [2.05, 4.69) is 27.2 Å². The second kappa shape index (κ2) is 11.6. The van der Waals surface area contributed by atoms with Crippen LogP contribution in [-0.2, 0) is 24.4 Å². The van der Waals surface area contributed by atoms with E-state index in [1.807, 2.05) is 47.0 Å². The predicted molar refractivity (Wildman–Crippen MR) is 136 cm³/mol. The molecule has 1 N–H and O–H groups in total. The number of rotatable bonds is 9. The van der Waals surface area contributed by atoms with E-state index >= 15 is 0 Å². The van der Waals surface area contributed by atoms with Gasteiger partial charge in [-0.15, -0.1) is 0 Å². The predicted octanol–water partition coefficient (Wildman–Crippen LogP) is 2.50. The van der Waals surface area contributed by atoms with Gasteiger partial charge in [-0.05, 0) is 29.8 Å². The number of aromatic nitrogens is 1. The zero-order valence-corrected chi connectivity index (χ0v) is 20.3. The molecule has 1 aliphatic heterocycles. The molecule has 0 bridgehead atoms. The molecule has 4 rings (SSSR count).